The van der Waals surface area contributed by atoms with Crippen LogP contribution in [0.2, 0.25) is 10.0 Å². The molecule has 1 amide bonds. The van der Waals surface area contributed by atoms with Gasteiger partial charge in [-0.1, -0.05) is 29.3 Å². The van der Waals surface area contributed by atoms with Gasteiger partial charge in [0.25, 0.3) is 5.91 Å². The summed E-state index contributed by atoms with van der Waals surface area (Å²) in [5.74, 6) is -0.382. The first-order valence-corrected chi connectivity index (χ1v) is 9.92. The quantitative estimate of drug-likeness (QED) is 0.423. The van der Waals surface area contributed by atoms with Crippen LogP contribution >= 0.6 is 39.1 Å². The van der Waals surface area contributed by atoms with Crippen LogP contribution in [0.25, 0.3) is 0 Å². The van der Waals surface area contributed by atoms with E-state index in [0.29, 0.717) is 21.1 Å². The Morgan fingerprint density at radius 3 is 2.63 bits per heavy atom. The maximum Gasteiger partial charge on any atom is 0.387 e. The largest absolute Gasteiger partial charge is 0.493 e. The molecule has 1 heterocycles. The van der Waals surface area contributed by atoms with Gasteiger partial charge in [-0.15, -0.1) is 0 Å². The molecule has 0 bridgehead atoms. The van der Waals surface area contributed by atoms with Crippen LogP contribution in [0.1, 0.15) is 15.9 Å². The number of hydrogen-bond acceptors (Lipinski definition) is 4. The van der Waals surface area contributed by atoms with Crippen LogP contribution < -0.4 is 14.8 Å². The highest BCUT2D eigenvalue weighted by molar-refractivity contribution is 9.10. The van der Waals surface area contributed by atoms with Gasteiger partial charge in [0.2, 0.25) is 0 Å². The number of anilines is 1. The molecule has 3 aromatic rings. The fraction of sp³-hybridized carbons (Fsp3) is 0.158. The molecule has 0 aliphatic rings. The molecule has 3 rings (SSSR count). The zero-order chi connectivity index (χ0) is 21.8. The zero-order valence-electron chi connectivity index (χ0n) is 15.3. The molecule has 158 valence electrons. The van der Waals surface area contributed by atoms with Crippen molar-refractivity contribution < 1.29 is 23.0 Å². The number of hydrogen-bond donors (Lipinski definition) is 1. The number of aromatic nitrogens is 2. The SMILES string of the molecule is COc1cc(C(=O)Nc2nn(Cc3ccc(Cl)c(Cl)c3)cc2Br)ccc1OC(F)F. The Kier molecular flexibility index (Phi) is 7.17. The van der Waals surface area contributed by atoms with E-state index in [4.69, 9.17) is 27.9 Å². The van der Waals surface area contributed by atoms with Crippen LogP contribution in [-0.4, -0.2) is 29.4 Å². The molecule has 0 saturated carbocycles. The summed E-state index contributed by atoms with van der Waals surface area (Å²) in [5, 5.41) is 7.87. The van der Waals surface area contributed by atoms with E-state index < -0.39 is 12.5 Å². The summed E-state index contributed by atoms with van der Waals surface area (Å²) in [6, 6.07) is 9.11. The highest BCUT2D eigenvalue weighted by Crippen LogP contribution is 2.30. The van der Waals surface area contributed by atoms with Gasteiger partial charge in [-0.2, -0.15) is 13.9 Å². The van der Waals surface area contributed by atoms with E-state index in [-0.39, 0.29) is 22.9 Å². The third-order valence-electron chi connectivity index (χ3n) is 3.92. The predicted octanol–water partition coefficient (Wildman–Crippen LogP) is 5.86. The molecule has 0 fully saturated rings. The number of nitrogens with one attached hydrogen (secondary N) is 1. The van der Waals surface area contributed by atoms with Crippen LogP contribution in [0, 0.1) is 0 Å². The smallest absolute Gasteiger partial charge is 0.387 e. The Balaban J connectivity index is 1.74. The summed E-state index contributed by atoms with van der Waals surface area (Å²) in [4.78, 5) is 12.6. The topological polar surface area (TPSA) is 65.4 Å². The van der Waals surface area contributed by atoms with Crippen molar-refractivity contribution in [2.75, 3.05) is 12.4 Å². The average molecular weight is 521 g/mol. The molecular weight excluding hydrogens is 507 g/mol. The molecule has 1 N–H and O–H groups in total. The predicted molar refractivity (Wildman–Crippen MR) is 113 cm³/mol. The molecule has 0 radical (unpaired) electrons. The number of carbonyl (C=O) groups is 1. The number of amides is 1. The Hall–Kier alpha value is -2.36. The Bertz CT molecular complexity index is 1080. The van der Waals surface area contributed by atoms with Gasteiger partial charge in [0, 0.05) is 11.8 Å². The van der Waals surface area contributed by atoms with E-state index in [1.54, 1.807) is 23.0 Å². The minimum Gasteiger partial charge on any atom is -0.493 e. The number of alkyl halides is 2. The van der Waals surface area contributed by atoms with Crippen molar-refractivity contribution >= 4 is 50.9 Å². The number of methoxy groups -OCH3 is 1. The number of carbonyl (C=O) groups excluding carboxylic acids is 1. The third kappa shape index (κ3) is 5.41. The molecule has 2 aromatic carbocycles. The molecule has 0 aliphatic carbocycles. The standard InChI is InChI=1S/C19H14BrCl2F2N3O3/c1-29-16-7-11(3-5-15(16)30-19(23)24)18(28)25-17-12(20)9-27(26-17)8-10-2-4-13(21)14(22)6-10/h2-7,9,19H,8H2,1H3,(H,25,26,28). The molecule has 1 aromatic heterocycles. The van der Waals surface area contributed by atoms with Crippen LogP contribution in [0.3, 0.4) is 0 Å². The molecule has 0 unspecified atom stereocenters. The molecule has 0 spiro atoms. The average Bonchev–Trinajstić information content (AvgIpc) is 3.03. The van der Waals surface area contributed by atoms with Crippen molar-refractivity contribution in [3.63, 3.8) is 0 Å². The van der Waals surface area contributed by atoms with Gasteiger partial charge in [0.15, 0.2) is 17.3 Å². The van der Waals surface area contributed by atoms with Crippen molar-refractivity contribution in [1.82, 2.24) is 9.78 Å². The van der Waals surface area contributed by atoms with Gasteiger partial charge in [-0.25, -0.2) is 0 Å². The molecule has 0 aliphatic heterocycles. The van der Waals surface area contributed by atoms with E-state index in [2.05, 4.69) is 31.1 Å². The van der Waals surface area contributed by atoms with Gasteiger partial charge in [-0.05, 0) is 51.8 Å². The fourth-order valence-corrected chi connectivity index (χ4v) is 3.31. The minimum absolute atomic E-state index is 0.00663. The van der Waals surface area contributed by atoms with E-state index in [0.717, 1.165) is 5.56 Å². The summed E-state index contributed by atoms with van der Waals surface area (Å²) in [5.41, 5.74) is 1.05. The first-order valence-electron chi connectivity index (χ1n) is 8.38. The summed E-state index contributed by atoms with van der Waals surface area (Å²) in [6.45, 7) is -2.60. The maximum absolute atomic E-state index is 12.6. The lowest BCUT2D eigenvalue weighted by Crippen LogP contribution is -2.14. The van der Waals surface area contributed by atoms with Crippen molar-refractivity contribution in [3.8, 4) is 11.5 Å². The van der Waals surface area contributed by atoms with Crippen molar-refractivity contribution in [1.29, 1.82) is 0 Å². The lowest BCUT2D eigenvalue weighted by atomic mass is 10.2. The second-order valence-corrected chi connectivity index (χ2v) is 7.64. The van der Waals surface area contributed by atoms with Crippen LogP contribution in [0.5, 0.6) is 11.5 Å². The van der Waals surface area contributed by atoms with Gasteiger partial charge in [0.1, 0.15) is 0 Å². The van der Waals surface area contributed by atoms with Crippen molar-refractivity contribution in [2.24, 2.45) is 0 Å². The van der Waals surface area contributed by atoms with Crippen molar-refractivity contribution in [2.45, 2.75) is 13.2 Å². The molecule has 0 atom stereocenters. The summed E-state index contributed by atoms with van der Waals surface area (Å²) >= 11 is 15.3. The first kappa shape index (κ1) is 22.3. The van der Waals surface area contributed by atoms with Gasteiger partial charge in [-0.3, -0.25) is 9.48 Å². The third-order valence-corrected chi connectivity index (χ3v) is 5.24. The van der Waals surface area contributed by atoms with Crippen LogP contribution in [-0.2, 0) is 6.54 Å². The van der Waals surface area contributed by atoms with Crippen LogP contribution in [0.15, 0.2) is 47.1 Å². The highest BCUT2D eigenvalue weighted by Gasteiger charge is 2.16. The second-order valence-electron chi connectivity index (χ2n) is 5.97. The van der Waals surface area contributed by atoms with Gasteiger partial charge < -0.3 is 14.8 Å². The molecular formula is C19H14BrCl2F2N3O3. The Morgan fingerprint density at radius 1 is 1.20 bits per heavy atom. The van der Waals surface area contributed by atoms with E-state index in [1.807, 2.05) is 6.07 Å². The van der Waals surface area contributed by atoms with E-state index >= 15 is 0 Å². The molecule has 0 saturated heterocycles. The summed E-state index contributed by atoms with van der Waals surface area (Å²) < 4.78 is 36.4. The Labute approximate surface area is 188 Å². The monoisotopic (exact) mass is 519 g/mol. The fourth-order valence-electron chi connectivity index (χ4n) is 2.57. The van der Waals surface area contributed by atoms with Crippen LogP contribution in [0.4, 0.5) is 14.6 Å². The molecule has 6 nitrogen and oxygen atoms in total. The number of rotatable bonds is 7. The number of benzene rings is 2. The van der Waals surface area contributed by atoms with Gasteiger partial charge >= 0.3 is 6.61 Å². The second kappa shape index (κ2) is 9.63. The highest BCUT2D eigenvalue weighted by atomic mass is 79.9. The number of ether oxygens (including phenoxy) is 2. The number of halogens is 5. The first-order chi connectivity index (χ1) is 14.3. The normalized spacial score (nSPS) is 10.9. The Morgan fingerprint density at radius 2 is 1.97 bits per heavy atom. The number of nitrogens with zero attached hydrogens (tertiary/aromatic N) is 2. The summed E-state index contributed by atoms with van der Waals surface area (Å²) in [6.07, 6.45) is 1.69. The van der Waals surface area contributed by atoms with E-state index in [1.165, 1.54) is 25.3 Å². The maximum atomic E-state index is 12.6. The van der Waals surface area contributed by atoms with E-state index in [9.17, 15) is 13.6 Å². The lowest BCUT2D eigenvalue weighted by Gasteiger charge is -2.11. The minimum atomic E-state index is -3.01. The summed E-state index contributed by atoms with van der Waals surface area (Å²) in [7, 11) is 1.29. The molecule has 30 heavy (non-hydrogen) atoms. The molecule has 11 heteroatoms. The zero-order valence-corrected chi connectivity index (χ0v) is 18.4. The van der Waals surface area contributed by atoms with Crippen molar-refractivity contribution in [3.05, 3.63) is 68.2 Å². The van der Waals surface area contributed by atoms with Gasteiger partial charge in [0.05, 0.1) is 28.2 Å². The lowest BCUT2D eigenvalue weighted by molar-refractivity contribution is -0.0512.